The molecule has 3 rings (SSSR count). The van der Waals surface area contributed by atoms with E-state index in [0.29, 0.717) is 6.42 Å². The number of alkyl halides is 1. The molecule has 4 heteroatoms. The third-order valence-corrected chi connectivity index (χ3v) is 4.93. The standard InChI is InChI=1S/C20H26F2N2/c21-18-7-3-16(4-8-18)20(17-5-9-19(22)10-6-17)2-1-13-24-14-11-23-12-15-24/h3-9,19-20,23H,1-2,10-15H2. The van der Waals surface area contributed by atoms with E-state index in [2.05, 4.69) is 10.2 Å². The zero-order chi connectivity index (χ0) is 16.8. The lowest BCUT2D eigenvalue weighted by atomic mass is 9.84. The first-order valence-electron chi connectivity index (χ1n) is 8.93. The lowest BCUT2D eigenvalue weighted by molar-refractivity contribution is 0.235. The smallest absolute Gasteiger partial charge is 0.123 e. The van der Waals surface area contributed by atoms with Crippen molar-refractivity contribution >= 4 is 0 Å². The van der Waals surface area contributed by atoms with Crippen LogP contribution in [-0.2, 0) is 0 Å². The number of hydrogen-bond donors (Lipinski definition) is 1. The van der Waals surface area contributed by atoms with Crippen LogP contribution in [0.4, 0.5) is 8.78 Å². The van der Waals surface area contributed by atoms with Gasteiger partial charge in [-0.05, 0) is 42.7 Å². The quantitative estimate of drug-likeness (QED) is 0.852. The second-order valence-electron chi connectivity index (χ2n) is 6.65. The fourth-order valence-corrected chi connectivity index (χ4v) is 3.54. The zero-order valence-electron chi connectivity index (χ0n) is 14.1. The summed E-state index contributed by atoms with van der Waals surface area (Å²) in [7, 11) is 0. The average Bonchev–Trinajstić information content (AvgIpc) is 2.62. The summed E-state index contributed by atoms with van der Waals surface area (Å²) in [6.45, 7) is 5.42. The summed E-state index contributed by atoms with van der Waals surface area (Å²) in [6, 6.07) is 6.76. The van der Waals surface area contributed by atoms with Crippen molar-refractivity contribution in [3.8, 4) is 0 Å². The number of rotatable bonds is 6. The largest absolute Gasteiger partial charge is 0.314 e. The van der Waals surface area contributed by atoms with E-state index in [4.69, 9.17) is 0 Å². The Morgan fingerprint density at radius 3 is 2.58 bits per heavy atom. The van der Waals surface area contributed by atoms with Crippen molar-refractivity contribution in [2.24, 2.45) is 0 Å². The van der Waals surface area contributed by atoms with Crippen LogP contribution < -0.4 is 5.32 Å². The summed E-state index contributed by atoms with van der Waals surface area (Å²) in [5.41, 5.74) is 2.28. The molecule has 1 aliphatic heterocycles. The van der Waals surface area contributed by atoms with Gasteiger partial charge in [-0.2, -0.15) is 0 Å². The van der Waals surface area contributed by atoms with Crippen LogP contribution in [0, 0.1) is 5.82 Å². The highest BCUT2D eigenvalue weighted by Gasteiger charge is 2.19. The summed E-state index contributed by atoms with van der Waals surface area (Å²) in [6.07, 6.45) is 7.22. The van der Waals surface area contributed by atoms with Gasteiger partial charge in [0.15, 0.2) is 0 Å². The first-order chi connectivity index (χ1) is 11.7. The summed E-state index contributed by atoms with van der Waals surface area (Å²) in [5.74, 6) is 0.00701. The second-order valence-corrected chi connectivity index (χ2v) is 6.65. The van der Waals surface area contributed by atoms with Gasteiger partial charge in [0.05, 0.1) is 0 Å². The van der Waals surface area contributed by atoms with Crippen molar-refractivity contribution in [1.82, 2.24) is 10.2 Å². The maximum Gasteiger partial charge on any atom is 0.123 e. The number of hydrogen-bond acceptors (Lipinski definition) is 2. The summed E-state index contributed by atoms with van der Waals surface area (Å²) >= 11 is 0. The Hall–Kier alpha value is -1.52. The highest BCUT2D eigenvalue weighted by molar-refractivity contribution is 5.37. The lowest BCUT2D eigenvalue weighted by Gasteiger charge is -2.28. The van der Waals surface area contributed by atoms with E-state index in [1.807, 2.05) is 24.3 Å². The van der Waals surface area contributed by atoms with Crippen LogP contribution in [0.2, 0.25) is 0 Å². The molecule has 2 unspecified atom stereocenters. The molecule has 2 nitrogen and oxygen atoms in total. The highest BCUT2D eigenvalue weighted by Crippen LogP contribution is 2.33. The van der Waals surface area contributed by atoms with Crippen molar-refractivity contribution in [2.45, 2.75) is 31.4 Å². The molecule has 0 saturated carbocycles. The Bertz CT molecular complexity index is 574. The predicted octanol–water partition coefficient (Wildman–Crippen LogP) is 3.82. The van der Waals surface area contributed by atoms with Gasteiger partial charge in [0, 0.05) is 38.5 Å². The summed E-state index contributed by atoms with van der Waals surface area (Å²) in [5, 5.41) is 3.37. The van der Waals surface area contributed by atoms with Crippen LogP contribution in [-0.4, -0.2) is 43.8 Å². The molecule has 0 spiro atoms. The van der Waals surface area contributed by atoms with E-state index in [1.54, 1.807) is 6.08 Å². The van der Waals surface area contributed by atoms with Gasteiger partial charge in [-0.3, -0.25) is 0 Å². The van der Waals surface area contributed by atoms with Crippen molar-refractivity contribution in [2.75, 3.05) is 32.7 Å². The average molecular weight is 332 g/mol. The van der Waals surface area contributed by atoms with E-state index in [-0.39, 0.29) is 11.7 Å². The molecule has 1 aliphatic carbocycles. The number of halogens is 2. The van der Waals surface area contributed by atoms with Crippen LogP contribution in [0.5, 0.6) is 0 Å². The molecule has 2 atom stereocenters. The van der Waals surface area contributed by atoms with Crippen LogP contribution in [0.25, 0.3) is 0 Å². The molecule has 1 aromatic rings. The molecule has 1 heterocycles. The molecular formula is C20H26F2N2. The predicted molar refractivity (Wildman–Crippen MR) is 94.4 cm³/mol. The fraction of sp³-hybridized carbons (Fsp3) is 0.500. The third-order valence-electron chi connectivity index (χ3n) is 4.93. The minimum Gasteiger partial charge on any atom is -0.314 e. The van der Waals surface area contributed by atoms with Crippen LogP contribution in [0.3, 0.4) is 0 Å². The van der Waals surface area contributed by atoms with Crippen LogP contribution >= 0.6 is 0 Å². The number of allylic oxidation sites excluding steroid dienone is 4. The van der Waals surface area contributed by atoms with Gasteiger partial charge in [0.25, 0.3) is 0 Å². The van der Waals surface area contributed by atoms with E-state index in [9.17, 15) is 8.78 Å². The molecule has 0 aromatic heterocycles. The summed E-state index contributed by atoms with van der Waals surface area (Å²) < 4.78 is 26.6. The third kappa shape index (κ3) is 4.74. The molecule has 24 heavy (non-hydrogen) atoms. The molecule has 1 saturated heterocycles. The van der Waals surface area contributed by atoms with Crippen molar-refractivity contribution in [1.29, 1.82) is 0 Å². The van der Waals surface area contributed by atoms with E-state index < -0.39 is 6.17 Å². The molecule has 2 aliphatic rings. The Labute approximate surface area is 143 Å². The molecule has 1 fully saturated rings. The Morgan fingerprint density at radius 2 is 1.92 bits per heavy atom. The topological polar surface area (TPSA) is 15.3 Å². The van der Waals surface area contributed by atoms with Crippen molar-refractivity contribution in [3.05, 3.63) is 59.4 Å². The molecule has 130 valence electrons. The normalized spacial score (nSPS) is 23.1. The molecule has 0 bridgehead atoms. The molecule has 1 N–H and O–H groups in total. The van der Waals surface area contributed by atoms with E-state index in [1.165, 1.54) is 12.1 Å². The zero-order valence-corrected chi connectivity index (χ0v) is 14.1. The monoisotopic (exact) mass is 332 g/mol. The minimum atomic E-state index is -0.872. The Balaban J connectivity index is 1.65. The molecule has 0 radical (unpaired) electrons. The summed E-state index contributed by atoms with van der Waals surface area (Å²) in [4.78, 5) is 2.49. The molecular weight excluding hydrogens is 306 g/mol. The number of nitrogens with zero attached hydrogens (tertiary/aromatic N) is 1. The fourth-order valence-electron chi connectivity index (χ4n) is 3.54. The van der Waals surface area contributed by atoms with Gasteiger partial charge < -0.3 is 10.2 Å². The van der Waals surface area contributed by atoms with Gasteiger partial charge in [0.2, 0.25) is 0 Å². The van der Waals surface area contributed by atoms with Gasteiger partial charge >= 0.3 is 0 Å². The maximum absolute atomic E-state index is 13.4. The SMILES string of the molecule is Fc1ccc(C(CCCN2CCNCC2)C2=CCC(F)C=C2)cc1. The van der Waals surface area contributed by atoms with Gasteiger partial charge in [-0.1, -0.05) is 30.4 Å². The van der Waals surface area contributed by atoms with Crippen molar-refractivity contribution < 1.29 is 8.78 Å². The maximum atomic E-state index is 13.4. The van der Waals surface area contributed by atoms with E-state index >= 15 is 0 Å². The first kappa shape index (κ1) is 17.3. The number of benzene rings is 1. The molecule has 0 amide bonds. The van der Waals surface area contributed by atoms with Gasteiger partial charge in [0.1, 0.15) is 12.0 Å². The number of piperazine rings is 1. The van der Waals surface area contributed by atoms with Crippen LogP contribution in [0.15, 0.2) is 48.1 Å². The second kappa shape index (κ2) is 8.54. The van der Waals surface area contributed by atoms with Crippen molar-refractivity contribution in [3.63, 3.8) is 0 Å². The van der Waals surface area contributed by atoms with Gasteiger partial charge in [-0.15, -0.1) is 0 Å². The lowest BCUT2D eigenvalue weighted by Crippen LogP contribution is -2.43. The van der Waals surface area contributed by atoms with Crippen LogP contribution in [0.1, 0.15) is 30.7 Å². The highest BCUT2D eigenvalue weighted by atomic mass is 19.1. The minimum absolute atomic E-state index is 0.213. The number of nitrogens with one attached hydrogen (secondary N) is 1. The Kier molecular flexibility index (Phi) is 6.16. The Morgan fingerprint density at radius 1 is 1.17 bits per heavy atom. The molecule has 1 aromatic carbocycles. The van der Waals surface area contributed by atoms with E-state index in [0.717, 1.165) is 56.7 Å². The first-order valence-corrected chi connectivity index (χ1v) is 8.93. The van der Waals surface area contributed by atoms with Gasteiger partial charge in [-0.25, -0.2) is 8.78 Å².